The summed E-state index contributed by atoms with van der Waals surface area (Å²) >= 11 is 6.36. The molecule has 6 rings (SSSR count). The van der Waals surface area contributed by atoms with E-state index in [1.807, 2.05) is 0 Å². The lowest BCUT2D eigenvalue weighted by Gasteiger charge is -2.37. The first-order chi connectivity index (χ1) is 26.2. The molecule has 56 heavy (non-hydrogen) atoms. The zero-order valence-corrected chi connectivity index (χ0v) is 30.2. The molecule has 3 heterocycles. The largest absolute Gasteiger partial charge is 0.403 e. The number of rotatable bonds is 13. The Kier molecular flexibility index (Phi) is 10.5. The predicted octanol–water partition coefficient (Wildman–Crippen LogP) is 7.00. The fourth-order valence-electron chi connectivity index (χ4n) is 6.39. The van der Waals surface area contributed by atoms with Gasteiger partial charge in [-0.2, -0.15) is 46.4 Å². The maximum absolute atomic E-state index is 14.9. The van der Waals surface area contributed by atoms with E-state index in [9.17, 15) is 44.7 Å². The molecular formula is C35H33ClF8N10O2. The molecular weight excluding hydrogens is 780 g/mol. The van der Waals surface area contributed by atoms with E-state index in [-0.39, 0.29) is 27.9 Å². The summed E-state index contributed by atoms with van der Waals surface area (Å²) in [4.78, 5) is 38.0. The standard InChI is InChI=1S/C35H33ClF8N10O2/c1-4-22(34(39,40)41)29(55)46-15-26(19-7-12-23(36)25(13-19)53-28(27(37)38)47-17-49-53)52-30(56)33(50-31(52)45,16-32(2,3)35(42,43)44)20-8-5-18(6-9-20)24-14-48-54(51-24)21-10-11-21/h4-9,12-14,17,21-22,26-27H,1,10-11,15-16H2,2-3H3,(H2,45,50)(H,46,55)/t22-,26+,33+/m0/s1. The molecule has 1 aliphatic heterocycles. The molecule has 298 valence electrons. The number of alkyl halides is 8. The lowest BCUT2D eigenvalue weighted by molar-refractivity contribution is -0.218. The third kappa shape index (κ3) is 7.57. The third-order valence-electron chi connectivity index (χ3n) is 9.63. The molecule has 2 aromatic heterocycles. The lowest BCUT2D eigenvalue weighted by atomic mass is 9.74. The van der Waals surface area contributed by atoms with Gasteiger partial charge >= 0.3 is 12.4 Å². The number of carbonyl (C=O) groups excluding carboxylic acids is 2. The molecule has 4 aromatic rings. The molecule has 3 N–H and O–H groups in total. The molecule has 1 fully saturated rings. The third-order valence-corrected chi connectivity index (χ3v) is 9.95. The summed E-state index contributed by atoms with van der Waals surface area (Å²) in [6.07, 6.45) is -9.51. The molecule has 2 aromatic carbocycles. The second-order valence-electron chi connectivity index (χ2n) is 14.0. The van der Waals surface area contributed by atoms with Gasteiger partial charge in [-0.25, -0.2) is 23.4 Å². The van der Waals surface area contributed by atoms with Crippen LogP contribution in [0.5, 0.6) is 0 Å². The smallest absolute Gasteiger partial charge is 0.369 e. The van der Waals surface area contributed by atoms with Gasteiger partial charge in [0.2, 0.25) is 5.91 Å². The number of nitrogens with zero attached hydrogens (tertiary/aromatic N) is 8. The summed E-state index contributed by atoms with van der Waals surface area (Å²) in [6.45, 7) is 3.99. The van der Waals surface area contributed by atoms with Crippen LogP contribution in [0.25, 0.3) is 16.9 Å². The molecule has 0 unspecified atom stereocenters. The first-order valence-corrected chi connectivity index (χ1v) is 17.3. The summed E-state index contributed by atoms with van der Waals surface area (Å²) in [5.41, 5.74) is 2.14. The van der Waals surface area contributed by atoms with E-state index in [0.29, 0.717) is 22.0 Å². The molecule has 2 amide bonds. The van der Waals surface area contributed by atoms with Gasteiger partial charge in [0.15, 0.2) is 23.2 Å². The van der Waals surface area contributed by atoms with E-state index >= 15 is 0 Å². The predicted molar refractivity (Wildman–Crippen MR) is 185 cm³/mol. The number of carbonyl (C=O) groups is 2. The van der Waals surface area contributed by atoms with Crippen molar-refractivity contribution in [2.45, 2.75) is 69.5 Å². The molecule has 3 atom stereocenters. The van der Waals surface area contributed by atoms with Gasteiger partial charge in [-0.15, -0.1) is 6.58 Å². The number of aliphatic imine (C=N–C) groups is 1. The van der Waals surface area contributed by atoms with Crippen LogP contribution in [0.4, 0.5) is 35.1 Å². The van der Waals surface area contributed by atoms with Crippen molar-refractivity contribution in [1.29, 1.82) is 0 Å². The summed E-state index contributed by atoms with van der Waals surface area (Å²) < 4.78 is 113. The zero-order chi connectivity index (χ0) is 41.0. The Morgan fingerprint density at radius 1 is 1.09 bits per heavy atom. The molecule has 1 saturated carbocycles. The van der Waals surface area contributed by atoms with E-state index in [2.05, 4.69) is 37.2 Å². The highest BCUT2D eigenvalue weighted by molar-refractivity contribution is 6.32. The SMILES string of the molecule is C=C[C@@H](C(=O)NC[C@H](c1ccc(Cl)c(-n2ncnc2C(F)F)c1)N1C(=O)[C@@](CC(C)(C)C(F)(F)F)(c2ccc(-c3cnn(C4CC4)n3)cc2)N=C1N)C(F)(F)F. The van der Waals surface area contributed by atoms with Crippen LogP contribution in [-0.2, 0) is 15.1 Å². The molecule has 21 heteroatoms. The van der Waals surface area contributed by atoms with Crippen molar-refractivity contribution in [3.63, 3.8) is 0 Å². The second kappa shape index (κ2) is 14.6. The van der Waals surface area contributed by atoms with E-state index in [1.54, 1.807) is 4.80 Å². The number of nitrogens with two attached hydrogens (primary N) is 1. The number of guanidine groups is 1. The van der Waals surface area contributed by atoms with Gasteiger partial charge in [-0.05, 0) is 42.5 Å². The van der Waals surface area contributed by atoms with Crippen molar-refractivity contribution < 1.29 is 44.7 Å². The quantitative estimate of drug-likeness (QED) is 0.109. The summed E-state index contributed by atoms with van der Waals surface area (Å²) in [7, 11) is 0. The fourth-order valence-corrected chi connectivity index (χ4v) is 6.59. The Morgan fingerprint density at radius 3 is 2.36 bits per heavy atom. The van der Waals surface area contributed by atoms with Gasteiger partial charge in [-0.1, -0.05) is 61.9 Å². The molecule has 0 bridgehead atoms. The molecule has 2 aliphatic rings. The fraction of sp³-hybridized carbons (Fsp3) is 0.400. The van der Waals surface area contributed by atoms with E-state index in [1.165, 1.54) is 42.6 Å². The van der Waals surface area contributed by atoms with Gasteiger partial charge < -0.3 is 11.1 Å². The monoisotopic (exact) mass is 812 g/mol. The van der Waals surface area contributed by atoms with Crippen LogP contribution in [0.1, 0.15) is 68.6 Å². The number of hydrogen-bond acceptors (Lipinski definition) is 8. The minimum atomic E-state index is -5.06. The van der Waals surface area contributed by atoms with Crippen LogP contribution >= 0.6 is 11.6 Å². The van der Waals surface area contributed by atoms with Crippen LogP contribution in [-0.4, -0.2) is 71.3 Å². The zero-order valence-electron chi connectivity index (χ0n) is 29.5. The Labute approximate surface area is 318 Å². The van der Waals surface area contributed by atoms with Crippen molar-refractivity contribution in [3.8, 4) is 16.9 Å². The van der Waals surface area contributed by atoms with Crippen molar-refractivity contribution >= 4 is 29.4 Å². The lowest BCUT2D eigenvalue weighted by Crippen LogP contribution is -2.51. The van der Waals surface area contributed by atoms with Gasteiger partial charge in [0.25, 0.3) is 12.3 Å². The number of nitrogens with one attached hydrogen (secondary N) is 1. The van der Waals surface area contributed by atoms with Crippen LogP contribution in [0.3, 0.4) is 0 Å². The van der Waals surface area contributed by atoms with Gasteiger partial charge in [0.1, 0.15) is 12.0 Å². The first-order valence-electron chi connectivity index (χ1n) is 16.9. The Morgan fingerprint density at radius 2 is 1.77 bits per heavy atom. The average Bonchev–Trinajstić information content (AvgIpc) is 3.52. The number of amides is 2. The van der Waals surface area contributed by atoms with Crippen LogP contribution in [0.15, 0.2) is 72.6 Å². The average molecular weight is 813 g/mol. The highest BCUT2D eigenvalue weighted by Crippen LogP contribution is 2.51. The minimum Gasteiger partial charge on any atom is -0.369 e. The van der Waals surface area contributed by atoms with Crippen LogP contribution in [0, 0.1) is 11.3 Å². The topological polar surface area (TPSA) is 149 Å². The highest BCUT2D eigenvalue weighted by atomic mass is 35.5. The van der Waals surface area contributed by atoms with Gasteiger partial charge in [0, 0.05) is 12.1 Å². The minimum absolute atomic E-state index is 0.0174. The van der Waals surface area contributed by atoms with Crippen LogP contribution in [0.2, 0.25) is 5.02 Å². The summed E-state index contributed by atoms with van der Waals surface area (Å²) in [5, 5.41) is 14.5. The van der Waals surface area contributed by atoms with Gasteiger partial charge in [0.05, 0.1) is 34.4 Å². The van der Waals surface area contributed by atoms with E-state index in [4.69, 9.17) is 17.3 Å². The number of aromatic nitrogens is 6. The molecule has 0 spiro atoms. The normalized spacial score (nSPS) is 19.0. The van der Waals surface area contributed by atoms with Crippen molar-refractivity contribution in [3.05, 3.63) is 89.6 Å². The van der Waals surface area contributed by atoms with Crippen LogP contribution < -0.4 is 11.1 Å². The van der Waals surface area contributed by atoms with Crippen molar-refractivity contribution in [2.75, 3.05) is 6.54 Å². The molecule has 0 saturated heterocycles. The van der Waals surface area contributed by atoms with E-state index in [0.717, 1.165) is 44.0 Å². The molecule has 0 radical (unpaired) electrons. The number of hydrogen-bond donors (Lipinski definition) is 2. The van der Waals surface area contributed by atoms with E-state index < -0.39 is 78.3 Å². The first kappa shape index (κ1) is 40.3. The highest BCUT2D eigenvalue weighted by Gasteiger charge is 2.59. The second-order valence-corrected chi connectivity index (χ2v) is 14.4. The number of benzene rings is 2. The van der Waals surface area contributed by atoms with Crippen molar-refractivity contribution in [1.82, 2.24) is 40.0 Å². The maximum atomic E-state index is 14.9. The summed E-state index contributed by atoms with van der Waals surface area (Å²) in [5.74, 6) is -6.88. The van der Waals surface area contributed by atoms with Crippen molar-refractivity contribution in [2.24, 2.45) is 22.1 Å². The molecule has 12 nitrogen and oxygen atoms in total. The number of halogens is 9. The Bertz CT molecular complexity index is 2160. The summed E-state index contributed by atoms with van der Waals surface area (Å²) in [6, 6.07) is 8.01. The maximum Gasteiger partial charge on any atom is 0.403 e. The Hall–Kier alpha value is -5.40. The van der Waals surface area contributed by atoms with Gasteiger partial charge in [-0.3, -0.25) is 14.5 Å². The molecule has 1 aliphatic carbocycles. The Balaban J connectivity index is 1.46.